The molecule has 6 heteroatoms. The van der Waals surface area contributed by atoms with E-state index in [4.69, 9.17) is 9.47 Å². The minimum atomic E-state index is 0.711. The Balaban J connectivity index is 2.35. The molecule has 5 nitrogen and oxygen atoms in total. The van der Waals surface area contributed by atoms with Crippen LogP contribution in [0.15, 0.2) is 23.4 Å². The van der Waals surface area contributed by atoms with E-state index in [9.17, 15) is 0 Å². The van der Waals surface area contributed by atoms with Crippen LogP contribution in [0.5, 0.6) is 11.5 Å². The van der Waals surface area contributed by atoms with Crippen LogP contribution in [-0.2, 0) is 0 Å². The van der Waals surface area contributed by atoms with E-state index >= 15 is 0 Å². The molecule has 0 spiro atoms. The number of benzene rings is 1. The minimum Gasteiger partial charge on any atom is -0.497 e. The molecular weight excluding hydrogens is 250 g/mol. The molecule has 2 aromatic rings. The number of rotatable bonds is 5. The maximum atomic E-state index is 5.23. The van der Waals surface area contributed by atoms with E-state index in [1.807, 2.05) is 18.2 Å². The van der Waals surface area contributed by atoms with Crippen molar-refractivity contribution in [3.63, 3.8) is 0 Å². The van der Waals surface area contributed by atoms with E-state index in [2.05, 4.69) is 22.1 Å². The molecule has 0 aliphatic heterocycles. The zero-order chi connectivity index (χ0) is 13.0. The number of aromatic nitrogens is 3. The van der Waals surface area contributed by atoms with Gasteiger partial charge in [0.2, 0.25) is 5.16 Å². The molecule has 0 amide bonds. The van der Waals surface area contributed by atoms with Gasteiger partial charge >= 0.3 is 0 Å². The maximum Gasteiger partial charge on any atom is 0.208 e. The molecule has 0 aliphatic carbocycles. The van der Waals surface area contributed by atoms with Gasteiger partial charge in [0, 0.05) is 11.6 Å². The van der Waals surface area contributed by atoms with E-state index in [-0.39, 0.29) is 0 Å². The molecule has 0 fully saturated rings. The molecule has 0 atom stereocenters. The van der Waals surface area contributed by atoms with E-state index in [1.54, 1.807) is 26.0 Å². The van der Waals surface area contributed by atoms with Gasteiger partial charge in [-0.25, -0.2) is 4.98 Å². The largest absolute Gasteiger partial charge is 0.497 e. The predicted molar refractivity (Wildman–Crippen MR) is 71.3 cm³/mol. The highest BCUT2D eigenvalue weighted by Gasteiger charge is 2.09. The van der Waals surface area contributed by atoms with Crippen molar-refractivity contribution in [2.45, 2.75) is 12.1 Å². The van der Waals surface area contributed by atoms with Crippen molar-refractivity contribution in [1.82, 2.24) is 15.2 Å². The first-order valence-corrected chi connectivity index (χ1v) is 6.54. The molecule has 0 unspecified atom stereocenters. The van der Waals surface area contributed by atoms with Gasteiger partial charge in [-0.3, -0.25) is 5.10 Å². The molecule has 0 saturated carbocycles. The van der Waals surface area contributed by atoms with Crippen LogP contribution in [-0.4, -0.2) is 35.2 Å². The van der Waals surface area contributed by atoms with Gasteiger partial charge in [-0.2, -0.15) is 0 Å². The third-order valence-corrected chi connectivity index (χ3v) is 3.09. The topological polar surface area (TPSA) is 60.0 Å². The second-order valence-electron chi connectivity index (χ2n) is 3.50. The second-order valence-corrected chi connectivity index (χ2v) is 4.73. The highest BCUT2D eigenvalue weighted by Crippen LogP contribution is 2.28. The highest BCUT2D eigenvalue weighted by atomic mass is 32.2. The highest BCUT2D eigenvalue weighted by molar-refractivity contribution is 7.99. The first-order valence-electron chi connectivity index (χ1n) is 5.55. The van der Waals surface area contributed by atoms with Crippen LogP contribution in [0, 0.1) is 0 Å². The molecule has 0 bridgehead atoms. The maximum absolute atomic E-state index is 5.23. The van der Waals surface area contributed by atoms with Crippen LogP contribution in [0.1, 0.15) is 6.92 Å². The summed E-state index contributed by atoms with van der Waals surface area (Å²) in [6.07, 6.45) is 0. The third kappa shape index (κ3) is 2.76. The summed E-state index contributed by atoms with van der Waals surface area (Å²) in [7, 11) is 3.24. The van der Waals surface area contributed by atoms with Crippen molar-refractivity contribution < 1.29 is 9.47 Å². The molecule has 1 aromatic carbocycles. The SMILES string of the molecule is CCSc1n[nH]c(-c2cc(OC)cc(OC)c2)n1. The zero-order valence-electron chi connectivity index (χ0n) is 10.6. The Hall–Kier alpha value is -1.69. The summed E-state index contributed by atoms with van der Waals surface area (Å²) in [5.41, 5.74) is 0.890. The molecule has 96 valence electrons. The Morgan fingerprint density at radius 1 is 1.17 bits per heavy atom. The second kappa shape index (κ2) is 5.77. The summed E-state index contributed by atoms with van der Waals surface area (Å²) in [6, 6.07) is 5.61. The summed E-state index contributed by atoms with van der Waals surface area (Å²) < 4.78 is 10.5. The van der Waals surface area contributed by atoms with Gasteiger partial charge in [0.25, 0.3) is 0 Å². The molecular formula is C12H15N3O2S. The van der Waals surface area contributed by atoms with Gasteiger partial charge in [-0.05, 0) is 17.9 Å². The van der Waals surface area contributed by atoms with Gasteiger partial charge in [0.1, 0.15) is 11.5 Å². The number of methoxy groups -OCH3 is 2. The quantitative estimate of drug-likeness (QED) is 0.842. The smallest absolute Gasteiger partial charge is 0.208 e. The summed E-state index contributed by atoms with van der Waals surface area (Å²) in [4.78, 5) is 4.41. The molecule has 1 N–H and O–H groups in total. The Kier molecular flexibility index (Phi) is 4.09. The summed E-state index contributed by atoms with van der Waals surface area (Å²) in [5.74, 6) is 3.11. The van der Waals surface area contributed by atoms with E-state index in [1.165, 1.54) is 0 Å². The van der Waals surface area contributed by atoms with Crippen LogP contribution in [0.3, 0.4) is 0 Å². The first-order chi connectivity index (χ1) is 8.76. The molecule has 18 heavy (non-hydrogen) atoms. The molecule has 0 radical (unpaired) electrons. The van der Waals surface area contributed by atoms with Gasteiger partial charge in [0.05, 0.1) is 14.2 Å². The van der Waals surface area contributed by atoms with Crippen molar-refractivity contribution in [1.29, 1.82) is 0 Å². The monoisotopic (exact) mass is 265 g/mol. The molecule has 1 heterocycles. The summed E-state index contributed by atoms with van der Waals surface area (Å²) in [6.45, 7) is 2.06. The fourth-order valence-corrected chi connectivity index (χ4v) is 2.04. The average molecular weight is 265 g/mol. The third-order valence-electron chi connectivity index (χ3n) is 2.36. The van der Waals surface area contributed by atoms with Crippen LogP contribution in [0.25, 0.3) is 11.4 Å². The van der Waals surface area contributed by atoms with Crippen LogP contribution in [0.4, 0.5) is 0 Å². The van der Waals surface area contributed by atoms with Crippen molar-refractivity contribution >= 4 is 11.8 Å². The number of nitrogens with zero attached hydrogens (tertiary/aromatic N) is 2. The molecule has 0 aliphatic rings. The minimum absolute atomic E-state index is 0.711. The molecule has 2 rings (SSSR count). The van der Waals surface area contributed by atoms with Crippen LogP contribution < -0.4 is 9.47 Å². The van der Waals surface area contributed by atoms with Crippen molar-refractivity contribution in [3.8, 4) is 22.9 Å². The summed E-state index contributed by atoms with van der Waals surface area (Å²) >= 11 is 1.59. The molecule has 1 aromatic heterocycles. The number of aromatic amines is 1. The Morgan fingerprint density at radius 3 is 2.39 bits per heavy atom. The number of hydrogen-bond acceptors (Lipinski definition) is 5. The van der Waals surface area contributed by atoms with Crippen LogP contribution in [0.2, 0.25) is 0 Å². The van der Waals surface area contributed by atoms with Gasteiger partial charge in [0.15, 0.2) is 5.82 Å². The van der Waals surface area contributed by atoms with E-state index in [0.717, 1.165) is 28.0 Å². The average Bonchev–Trinajstić information content (AvgIpc) is 2.87. The fraction of sp³-hybridized carbons (Fsp3) is 0.333. The summed E-state index contributed by atoms with van der Waals surface area (Å²) in [5, 5.41) is 7.80. The normalized spacial score (nSPS) is 10.4. The lowest BCUT2D eigenvalue weighted by Crippen LogP contribution is -1.89. The zero-order valence-corrected chi connectivity index (χ0v) is 11.4. The van der Waals surface area contributed by atoms with Gasteiger partial charge < -0.3 is 9.47 Å². The number of ether oxygens (including phenoxy) is 2. The lowest BCUT2D eigenvalue weighted by atomic mass is 10.2. The van der Waals surface area contributed by atoms with Gasteiger partial charge in [-0.1, -0.05) is 18.7 Å². The molecule has 0 saturated heterocycles. The van der Waals surface area contributed by atoms with Crippen molar-refractivity contribution in [2.24, 2.45) is 0 Å². The lowest BCUT2D eigenvalue weighted by Gasteiger charge is -2.06. The number of nitrogens with one attached hydrogen (secondary N) is 1. The Morgan fingerprint density at radius 2 is 1.83 bits per heavy atom. The Bertz CT molecular complexity index is 506. The number of hydrogen-bond donors (Lipinski definition) is 1. The number of H-pyrrole nitrogens is 1. The lowest BCUT2D eigenvalue weighted by molar-refractivity contribution is 0.394. The standard InChI is InChI=1S/C12H15N3O2S/c1-4-18-12-13-11(14-15-12)8-5-9(16-2)7-10(6-8)17-3/h5-7H,4H2,1-3H3,(H,13,14,15). The first kappa shape index (κ1) is 12.8. The Labute approximate surface area is 110 Å². The van der Waals surface area contributed by atoms with E-state index in [0.29, 0.717) is 5.82 Å². The fourth-order valence-electron chi connectivity index (χ4n) is 1.51. The van der Waals surface area contributed by atoms with Crippen LogP contribution >= 0.6 is 11.8 Å². The van der Waals surface area contributed by atoms with E-state index < -0.39 is 0 Å². The van der Waals surface area contributed by atoms with Gasteiger partial charge in [-0.15, -0.1) is 5.10 Å². The predicted octanol–water partition coefficient (Wildman–Crippen LogP) is 2.60. The number of thioether (sulfide) groups is 1. The van der Waals surface area contributed by atoms with Crippen molar-refractivity contribution in [3.05, 3.63) is 18.2 Å². The van der Waals surface area contributed by atoms with Crippen molar-refractivity contribution in [2.75, 3.05) is 20.0 Å².